The van der Waals surface area contributed by atoms with Crippen molar-refractivity contribution in [3.63, 3.8) is 0 Å². The van der Waals surface area contributed by atoms with E-state index in [4.69, 9.17) is 9.73 Å². The van der Waals surface area contributed by atoms with Gasteiger partial charge in [-0.1, -0.05) is 12.1 Å². The quantitative estimate of drug-likeness (QED) is 0.441. The Morgan fingerprint density at radius 3 is 2.76 bits per heavy atom. The maximum absolute atomic E-state index is 5.26. The molecule has 0 bridgehead atoms. The second-order valence-electron chi connectivity index (χ2n) is 8.18. The van der Waals surface area contributed by atoms with Gasteiger partial charge in [0.1, 0.15) is 0 Å². The minimum Gasteiger partial charge on any atom is -0.383 e. The van der Waals surface area contributed by atoms with Crippen LogP contribution in [0.2, 0.25) is 0 Å². The highest BCUT2D eigenvalue weighted by Gasteiger charge is 2.28. The van der Waals surface area contributed by atoms with Crippen LogP contribution < -0.4 is 15.5 Å². The number of guanidine groups is 1. The SMILES string of the molecule is CCNC(=NCCN(CCOC)C1CC1)NC(C)c1cccc(N2CCCC2)c1. The number of rotatable bonds is 11. The lowest BCUT2D eigenvalue weighted by Crippen LogP contribution is -2.39. The van der Waals surface area contributed by atoms with Gasteiger partial charge in [-0.15, -0.1) is 0 Å². The maximum atomic E-state index is 5.26. The lowest BCUT2D eigenvalue weighted by molar-refractivity contribution is 0.145. The number of ether oxygens (including phenoxy) is 1. The van der Waals surface area contributed by atoms with E-state index < -0.39 is 0 Å². The molecule has 162 valence electrons. The van der Waals surface area contributed by atoms with Crippen LogP contribution in [-0.4, -0.2) is 69.9 Å². The van der Waals surface area contributed by atoms with Crippen LogP contribution in [0.1, 0.15) is 51.1 Å². The smallest absolute Gasteiger partial charge is 0.191 e. The van der Waals surface area contributed by atoms with Crippen molar-refractivity contribution in [1.29, 1.82) is 0 Å². The molecule has 1 saturated heterocycles. The van der Waals surface area contributed by atoms with E-state index >= 15 is 0 Å². The predicted molar refractivity (Wildman–Crippen MR) is 122 cm³/mol. The predicted octanol–water partition coefficient (Wildman–Crippen LogP) is 3.01. The molecule has 2 fully saturated rings. The fraction of sp³-hybridized carbons (Fsp3) is 0.696. The zero-order valence-corrected chi connectivity index (χ0v) is 18.5. The van der Waals surface area contributed by atoms with Crippen LogP contribution in [0.15, 0.2) is 29.3 Å². The molecule has 0 amide bonds. The Balaban J connectivity index is 1.55. The molecule has 6 heteroatoms. The van der Waals surface area contributed by atoms with Gasteiger partial charge in [-0.25, -0.2) is 0 Å². The molecule has 2 N–H and O–H groups in total. The molecule has 1 aromatic rings. The number of hydrogen-bond donors (Lipinski definition) is 2. The van der Waals surface area contributed by atoms with Crippen LogP contribution in [0.4, 0.5) is 5.69 Å². The van der Waals surface area contributed by atoms with E-state index in [1.54, 1.807) is 7.11 Å². The van der Waals surface area contributed by atoms with E-state index in [0.29, 0.717) is 0 Å². The number of anilines is 1. The monoisotopic (exact) mass is 401 g/mol. The molecule has 0 aromatic heterocycles. The van der Waals surface area contributed by atoms with E-state index in [1.807, 2.05) is 0 Å². The molecular weight excluding hydrogens is 362 g/mol. The largest absolute Gasteiger partial charge is 0.383 e. The molecule has 0 spiro atoms. The standard InChI is InChI=1S/C23H39N5O/c1-4-24-23(25-12-15-28(16-17-29-3)21-10-11-21)26-19(2)20-8-7-9-22(18-20)27-13-5-6-14-27/h7-9,18-19,21H,4-6,10-17H2,1-3H3,(H2,24,25,26). The highest BCUT2D eigenvalue weighted by Crippen LogP contribution is 2.26. The molecule has 1 unspecified atom stereocenters. The minimum atomic E-state index is 0.211. The van der Waals surface area contributed by atoms with Gasteiger partial charge < -0.3 is 20.3 Å². The Hall–Kier alpha value is -1.79. The molecule has 1 aliphatic heterocycles. The van der Waals surface area contributed by atoms with Gasteiger partial charge in [-0.3, -0.25) is 9.89 Å². The molecule has 1 saturated carbocycles. The van der Waals surface area contributed by atoms with Crippen LogP contribution in [0, 0.1) is 0 Å². The summed E-state index contributed by atoms with van der Waals surface area (Å²) in [7, 11) is 1.77. The molecule has 3 rings (SSSR count). The average molecular weight is 402 g/mol. The zero-order valence-electron chi connectivity index (χ0n) is 18.5. The van der Waals surface area contributed by atoms with Crippen LogP contribution in [0.5, 0.6) is 0 Å². The first kappa shape index (κ1) is 21.9. The lowest BCUT2D eigenvalue weighted by atomic mass is 10.1. The van der Waals surface area contributed by atoms with Gasteiger partial charge in [0.25, 0.3) is 0 Å². The van der Waals surface area contributed by atoms with Crippen molar-refractivity contribution in [2.24, 2.45) is 4.99 Å². The van der Waals surface area contributed by atoms with E-state index in [0.717, 1.165) is 44.8 Å². The van der Waals surface area contributed by atoms with Crippen LogP contribution in [0.3, 0.4) is 0 Å². The summed E-state index contributed by atoms with van der Waals surface area (Å²) >= 11 is 0. The van der Waals surface area contributed by atoms with Crippen molar-refractivity contribution in [2.75, 3.05) is 57.9 Å². The fourth-order valence-corrected chi connectivity index (χ4v) is 3.99. The number of aliphatic imine (C=N–C) groups is 1. The Bertz CT molecular complexity index is 640. The number of methoxy groups -OCH3 is 1. The first-order valence-electron chi connectivity index (χ1n) is 11.3. The van der Waals surface area contributed by atoms with Crippen molar-refractivity contribution in [3.05, 3.63) is 29.8 Å². The van der Waals surface area contributed by atoms with E-state index in [-0.39, 0.29) is 6.04 Å². The molecule has 2 aliphatic rings. The van der Waals surface area contributed by atoms with E-state index in [1.165, 1.54) is 50.0 Å². The summed E-state index contributed by atoms with van der Waals surface area (Å²) in [6, 6.07) is 9.89. The number of nitrogens with zero attached hydrogens (tertiary/aromatic N) is 3. The summed E-state index contributed by atoms with van der Waals surface area (Å²) in [5.74, 6) is 0.897. The minimum absolute atomic E-state index is 0.211. The Morgan fingerprint density at radius 1 is 1.28 bits per heavy atom. The molecule has 1 atom stereocenters. The van der Waals surface area contributed by atoms with Crippen molar-refractivity contribution in [1.82, 2.24) is 15.5 Å². The molecule has 1 aliphatic carbocycles. The lowest BCUT2D eigenvalue weighted by Gasteiger charge is -2.23. The first-order chi connectivity index (χ1) is 14.2. The maximum Gasteiger partial charge on any atom is 0.191 e. The normalized spacial score (nSPS) is 18.3. The van der Waals surface area contributed by atoms with Crippen molar-refractivity contribution >= 4 is 11.6 Å². The van der Waals surface area contributed by atoms with Gasteiger partial charge >= 0.3 is 0 Å². The topological polar surface area (TPSA) is 52.1 Å². The van der Waals surface area contributed by atoms with Crippen LogP contribution >= 0.6 is 0 Å². The summed E-state index contributed by atoms with van der Waals surface area (Å²) in [4.78, 5) is 9.84. The summed E-state index contributed by atoms with van der Waals surface area (Å²) in [5, 5.41) is 6.99. The molecule has 0 radical (unpaired) electrons. The Labute approximate surface area is 176 Å². The van der Waals surface area contributed by atoms with Crippen LogP contribution in [-0.2, 0) is 4.74 Å². The second kappa shape index (κ2) is 11.4. The molecule has 29 heavy (non-hydrogen) atoms. The first-order valence-corrected chi connectivity index (χ1v) is 11.3. The number of benzene rings is 1. The molecular formula is C23H39N5O. The number of nitrogens with one attached hydrogen (secondary N) is 2. The molecule has 6 nitrogen and oxygen atoms in total. The third-order valence-corrected chi connectivity index (χ3v) is 5.84. The van der Waals surface area contributed by atoms with Gasteiger partial charge in [-0.2, -0.15) is 0 Å². The summed E-state index contributed by atoms with van der Waals surface area (Å²) < 4.78 is 5.26. The summed E-state index contributed by atoms with van der Waals surface area (Å²) in [6.45, 7) is 11.1. The Morgan fingerprint density at radius 2 is 2.07 bits per heavy atom. The third kappa shape index (κ3) is 6.89. The zero-order chi connectivity index (χ0) is 20.5. The summed E-state index contributed by atoms with van der Waals surface area (Å²) in [6.07, 6.45) is 5.24. The second-order valence-corrected chi connectivity index (χ2v) is 8.18. The van der Waals surface area contributed by atoms with E-state index in [2.05, 4.69) is 58.5 Å². The number of hydrogen-bond acceptors (Lipinski definition) is 4. The highest BCUT2D eigenvalue weighted by atomic mass is 16.5. The average Bonchev–Trinajstić information content (AvgIpc) is 3.43. The highest BCUT2D eigenvalue weighted by molar-refractivity contribution is 5.80. The van der Waals surface area contributed by atoms with Gasteiger partial charge in [-0.05, 0) is 57.2 Å². The fourth-order valence-electron chi connectivity index (χ4n) is 3.99. The molecule has 1 aromatic carbocycles. The van der Waals surface area contributed by atoms with Gasteiger partial charge in [0.05, 0.1) is 19.2 Å². The third-order valence-electron chi connectivity index (χ3n) is 5.84. The van der Waals surface area contributed by atoms with Gasteiger partial charge in [0, 0.05) is 51.6 Å². The van der Waals surface area contributed by atoms with Crippen LogP contribution in [0.25, 0.3) is 0 Å². The van der Waals surface area contributed by atoms with Crippen molar-refractivity contribution < 1.29 is 4.74 Å². The summed E-state index contributed by atoms with van der Waals surface area (Å²) in [5.41, 5.74) is 2.65. The van der Waals surface area contributed by atoms with Gasteiger partial charge in [0.15, 0.2) is 5.96 Å². The Kier molecular flexibility index (Phi) is 8.62. The van der Waals surface area contributed by atoms with Gasteiger partial charge in [0.2, 0.25) is 0 Å². The van der Waals surface area contributed by atoms with Crippen molar-refractivity contribution in [2.45, 2.75) is 51.6 Å². The molecule has 1 heterocycles. The van der Waals surface area contributed by atoms with E-state index in [9.17, 15) is 0 Å². The van der Waals surface area contributed by atoms with Crippen molar-refractivity contribution in [3.8, 4) is 0 Å².